The smallest absolute Gasteiger partial charge is 0.181 e. The van der Waals surface area contributed by atoms with Gasteiger partial charge in [0.2, 0.25) is 0 Å². The number of thioether (sulfide) groups is 1. The summed E-state index contributed by atoms with van der Waals surface area (Å²) in [6.45, 7) is 2.74. The maximum atomic E-state index is 5.70. The zero-order valence-electron chi connectivity index (χ0n) is 9.55. The Morgan fingerprint density at radius 2 is 2.24 bits per heavy atom. The number of ether oxygens (including phenoxy) is 1. The Hall–Kier alpha value is -1.20. The molecule has 0 fully saturated rings. The number of rotatable bonds is 5. The number of hydrogen-bond donors (Lipinski definition) is 1. The largest absolute Gasteiger partial charge is 0.492 e. The van der Waals surface area contributed by atoms with E-state index in [4.69, 9.17) is 10.5 Å². The van der Waals surface area contributed by atoms with E-state index in [-0.39, 0.29) is 0 Å². The molecule has 0 spiro atoms. The molecule has 0 saturated carbocycles. The van der Waals surface area contributed by atoms with Gasteiger partial charge in [-0.05, 0) is 18.6 Å². The number of nitrogen functional groups attached to an aromatic ring is 1. The van der Waals surface area contributed by atoms with E-state index in [1.807, 2.05) is 31.2 Å². The van der Waals surface area contributed by atoms with Crippen molar-refractivity contribution in [1.29, 1.82) is 0 Å². The van der Waals surface area contributed by atoms with Gasteiger partial charge in [-0.2, -0.15) is 0 Å². The van der Waals surface area contributed by atoms with Crippen LogP contribution < -0.4 is 10.5 Å². The van der Waals surface area contributed by atoms with E-state index in [2.05, 4.69) is 4.98 Å². The van der Waals surface area contributed by atoms with Crippen LogP contribution in [-0.2, 0) is 0 Å². The lowest BCUT2D eigenvalue weighted by Crippen LogP contribution is -2.00. The molecule has 2 rings (SSSR count). The second-order valence-electron chi connectivity index (χ2n) is 3.48. The van der Waals surface area contributed by atoms with Crippen LogP contribution in [0.2, 0.25) is 0 Å². The lowest BCUT2D eigenvalue weighted by molar-refractivity contribution is 0.341. The van der Waals surface area contributed by atoms with Gasteiger partial charge in [-0.15, -0.1) is 11.8 Å². The first-order chi connectivity index (χ1) is 8.25. The first kappa shape index (κ1) is 12.3. The number of para-hydroxylation sites is 1. The second kappa shape index (κ2) is 5.93. The molecule has 2 aromatic rings. The molecule has 0 atom stereocenters. The van der Waals surface area contributed by atoms with Crippen molar-refractivity contribution in [2.24, 2.45) is 0 Å². The van der Waals surface area contributed by atoms with Crippen LogP contribution >= 0.6 is 23.1 Å². The SMILES string of the molecule is Cc1ccccc1OCCSc1cnc(N)s1. The molecule has 90 valence electrons. The van der Waals surface area contributed by atoms with Crippen molar-refractivity contribution in [3.63, 3.8) is 0 Å². The molecule has 1 aromatic heterocycles. The van der Waals surface area contributed by atoms with Crippen LogP contribution in [-0.4, -0.2) is 17.3 Å². The molecule has 0 unspecified atom stereocenters. The van der Waals surface area contributed by atoms with Gasteiger partial charge in [-0.1, -0.05) is 29.5 Å². The molecule has 17 heavy (non-hydrogen) atoms. The molecule has 0 aliphatic rings. The Kier molecular flexibility index (Phi) is 4.28. The van der Waals surface area contributed by atoms with Crippen molar-refractivity contribution in [2.45, 2.75) is 11.1 Å². The predicted octanol–water partition coefficient (Wildman–Crippen LogP) is 3.20. The summed E-state index contributed by atoms with van der Waals surface area (Å²) in [6, 6.07) is 8.04. The zero-order valence-corrected chi connectivity index (χ0v) is 11.2. The van der Waals surface area contributed by atoms with Gasteiger partial charge in [0, 0.05) is 5.75 Å². The molecule has 1 aromatic carbocycles. The number of thiazole rings is 1. The van der Waals surface area contributed by atoms with Gasteiger partial charge < -0.3 is 10.5 Å². The van der Waals surface area contributed by atoms with E-state index < -0.39 is 0 Å². The van der Waals surface area contributed by atoms with Crippen LogP contribution in [0.25, 0.3) is 0 Å². The lowest BCUT2D eigenvalue weighted by atomic mass is 10.2. The molecular weight excluding hydrogens is 252 g/mol. The summed E-state index contributed by atoms with van der Waals surface area (Å²) in [5.41, 5.74) is 6.72. The minimum atomic E-state index is 0.618. The number of anilines is 1. The predicted molar refractivity (Wildman–Crippen MR) is 73.9 cm³/mol. The standard InChI is InChI=1S/C12H14N2OS2/c1-9-4-2-3-5-10(9)15-6-7-16-11-8-14-12(13)17-11/h2-5,8H,6-7H2,1H3,(H2,13,14). The lowest BCUT2D eigenvalue weighted by Gasteiger charge is -2.07. The summed E-state index contributed by atoms with van der Waals surface area (Å²) >= 11 is 3.23. The van der Waals surface area contributed by atoms with E-state index in [1.165, 1.54) is 16.9 Å². The summed E-state index contributed by atoms with van der Waals surface area (Å²) in [5, 5.41) is 0.618. The fraction of sp³-hybridized carbons (Fsp3) is 0.250. The quantitative estimate of drug-likeness (QED) is 0.667. The van der Waals surface area contributed by atoms with Crippen LogP contribution in [0, 0.1) is 6.92 Å². The fourth-order valence-corrected chi connectivity index (χ4v) is 3.00. The molecule has 1 heterocycles. The summed E-state index contributed by atoms with van der Waals surface area (Å²) in [5.74, 6) is 1.85. The van der Waals surface area contributed by atoms with Crippen molar-refractivity contribution < 1.29 is 4.74 Å². The third-order valence-electron chi connectivity index (χ3n) is 2.18. The minimum absolute atomic E-state index is 0.618. The van der Waals surface area contributed by atoms with E-state index >= 15 is 0 Å². The summed E-state index contributed by atoms with van der Waals surface area (Å²) < 4.78 is 6.83. The highest BCUT2D eigenvalue weighted by atomic mass is 32.2. The highest BCUT2D eigenvalue weighted by Crippen LogP contribution is 2.26. The second-order valence-corrected chi connectivity index (χ2v) is 5.94. The van der Waals surface area contributed by atoms with E-state index in [9.17, 15) is 0 Å². The number of benzene rings is 1. The molecule has 3 nitrogen and oxygen atoms in total. The molecule has 5 heteroatoms. The molecule has 0 bridgehead atoms. The number of nitrogens with two attached hydrogens (primary N) is 1. The first-order valence-corrected chi connectivity index (χ1v) is 7.08. The third-order valence-corrected chi connectivity index (χ3v) is 4.17. The fourth-order valence-electron chi connectivity index (χ4n) is 1.35. The van der Waals surface area contributed by atoms with Crippen molar-refractivity contribution >= 4 is 28.2 Å². The highest BCUT2D eigenvalue weighted by molar-refractivity contribution is 8.01. The van der Waals surface area contributed by atoms with Crippen molar-refractivity contribution in [3.8, 4) is 5.75 Å². The van der Waals surface area contributed by atoms with Gasteiger partial charge in [-0.25, -0.2) is 4.98 Å². The monoisotopic (exact) mass is 266 g/mol. The van der Waals surface area contributed by atoms with E-state index in [0.717, 1.165) is 15.7 Å². The highest BCUT2D eigenvalue weighted by Gasteiger charge is 2.00. The van der Waals surface area contributed by atoms with Crippen LogP contribution in [0.15, 0.2) is 34.7 Å². The maximum absolute atomic E-state index is 5.70. The van der Waals surface area contributed by atoms with Gasteiger partial charge in [0.05, 0.1) is 17.0 Å². The number of aryl methyl sites for hydroxylation is 1. The number of nitrogens with zero attached hydrogens (tertiary/aromatic N) is 1. The first-order valence-electron chi connectivity index (χ1n) is 5.28. The van der Waals surface area contributed by atoms with Crippen molar-refractivity contribution in [1.82, 2.24) is 4.98 Å². The summed E-state index contributed by atoms with van der Waals surface area (Å²) in [6.07, 6.45) is 1.80. The van der Waals surface area contributed by atoms with Crippen LogP contribution in [0.3, 0.4) is 0 Å². The Balaban J connectivity index is 1.75. The summed E-state index contributed by atoms with van der Waals surface area (Å²) in [7, 11) is 0. The van der Waals surface area contributed by atoms with Crippen molar-refractivity contribution in [3.05, 3.63) is 36.0 Å². The molecule has 0 amide bonds. The third kappa shape index (κ3) is 3.64. The molecular formula is C12H14N2OS2. The van der Waals surface area contributed by atoms with E-state index in [1.54, 1.807) is 18.0 Å². The van der Waals surface area contributed by atoms with Crippen molar-refractivity contribution in [2.75, 3.05) is 18.1 Å². The van der Waals surface area contributed by atoms with E-state index in [0.29, 0.717) is 11.7 Å². The minimum Gasteiger partial charge on any atom is -0.492 e. The Labute approximate surface area is 109 Å². The van der Waals surface area contributed by atoms with Gasteiger partial charge in [0.1, 0.15) is 5.75 Å². The van der Waals surface area contributed by atoms with Crippen LogP contribution in [0.4, 0.5) is 5.13 Å². The van der Waals surface area contributed by atoms with Gasteiger partial charge in [0.15, 0.2) is 5.13 Å². The van der Waals surface area contributed by atoms with Gasteiger partial charge >= 0.3 is 0 Å². The molecule has 0 radical (unpaired) electrons. The number of hydrogen-bond acceptors (Lipinski definition) is 5. The zero-order chi connectivity index (χ0) is 12.1. The molecule has 0 aliphatic heterocycles. The Morgan fingerprint density at radius 3 is 2.94 bits per heavy atom. The average molecular weight is 266 g/mol. The molecule has 0 aliphatic carbocycles. The number of aromatic nitrogens is 1. The average Bonchev–Trinajstić information content (AvgIpc) is 2.73. The Morgan fingerprint density at radius 1 is 1.41 bits per heavy atom. The molecule has 0 saturated heterocycles. The molecule has 2 N–H and O–H groups in total. The van der Waals surface area contributed by atoms with Gasteiger partial charge in [-0.3, -0.25) is 0 Å². The van der Waals surface area contributed by atoms with Gasteiger partial charge in [0.25, 0.3) is 0 Å². The van der Waals surface area contributed by atoms with Crippen LogP contribution in [0.1, 0.15) is 5.56 Å². The Bertz CT molecular complexity index is 485. The summed E-state index contributed by atoms with van der Waals surface area (Å²) in [4.78, 5) is 4.00. The normalized spacial score (nSPS) is 10.4. The topological polar surface area (TPSA) is 48.1 Å². The maximum Gasteiger partial charge on any atom is 0.181 e. The van der Waals surface area contributed by atoms with Crippen LogP contribution in [0.5, 0.6) is 5.75 Å².